The summed E-state index contributed by atoms with van der Waals surface area (Å²) in [7, 11) is -2.93. The van der Waals surface area contributed by atoms with Gasteiger partial charge in [0.05, 0.1) is 18.1 Å². The zero-order chi connectivity index (χ0) is 18.3. The number of guanidine groups is 1. The van der Waals surface area contributed by atoms with Crippen molar-refractivity contribution in [3.05, 3.63) is 35.4 Å². The number of aliphatic imine (C=N–C) groups is 1. The van der Waals surface area contributed by atoms with Gasteiger partial charge in [-0.3, -0.25) is 4.79 Å². The van der Waals surface area contributed by atoms with E-state index in [1.165, 1.54) is 0 Å². The standard InChI is InChI=1S/C17H26N4O3S/c1-3-18-16(22)14-7-5-6-13(10-14)11-20-17(19-4-2)21-15-8-9-25(23,24)12-15/h5-7,10,15H,3-4,8-9,11-12H2,1-2H3,(H,18,22)(H2,19,20,21). The van der Waals surface area contributed by atoms with Crippen molar-refractivity contribution < 1.29 is 13.2 Å². The third kappa shape index (κ3) is 6.04. The second-order valence-electron chi connectivity index (χ2n) is 6.00. The van der Waals surface area contributed by atoms with Crippen molar-refractivity contribution in [1.29, 1.82) is 0 Å². The summed E-state index contributed by atoms with van der Waals surface area (Å²) in [5, 5.41) is 9.08. The SMILES string of the molecule is CCNC(=O)c1cccc(CN=C(NCC)NC2CCS(=O)(=O)C2)c1. The van der Waals surface area contributed by atoms with E-state index in [1.54, 1.807) is 6.07 Å². The third-order valence-electron chi connectivity index (χ3n) is 3.86. The summed E-state index contributed by atoms with van der Waals surface area (Å²) in [4.78, 5) is 16.4. The topological polar surface area (TPSA) is 99.7 Å². The molecule has 0 bridgehead atoms. The average Bonchev–Trinajstić information content (AvgIpc) is 2.92. The Morgan fingerprint density at radius 3 is 2.64 bits per heavy atom. The fourth-order valence-corrected chi connectivity index (χ4v) is 4.34. The highest BCUT2D eigenvalue weighted by Crippen LogP contribution is 2.11. The maximum absolute atomic E-state index is 11.9. The Morgan fingerprint density at radius 2 is 2.00 bits per heavy atom. The van der Waals surface area contributed by atoms with Crippen LogP contribution in [-0.4, -0.2) is 50.9 Å². The lowest BCUT2D eigenvalue weighted by Gasteiger charge is -2.15. The molecule has 0 aliphatic carbocycles. The van der Waals surface area contributed by atoms with E-state index in [0.717, 1.165) is 5.56 Å². The van der Waals surface area contributed by atoms with Crippen molar-refractivity contribution >= 4 is 21.7 Å². The van der Waals surface area contributed by atoms with Crippen LogP contribution in [0.3, 0.4) is 0 Å². The maximum atomic E-state index is 11.9. The van der Waals surface area contributed by atoms with E-state index in [-0.39, 0.29) is 23.5 Å². The van der Waals surface area contributed by atoms with E-state index < -0.39 is 9.84 Å². The van der Waals surface area contributed by atoms with Gasteiger partial charge in [0, 0.05) is 24.7 Å². The van der Waals surface area contributed by atoms with Crippen LogP contribution in [0.1, 0.15) is 36.2 Å². The minimum atomic E-state index is -2.93. The number of hydrogen-bond donors (Lipinski definition) is 3. The molecule has 0 aromatic heterocycles. The van der Waals surface area contributed by atoms with Crippen LogP contribution in [0.25, 0.3) is 0 Å². The maximum Gasteiger partial charge on any atom is 0.251 e. The Labute approximate surface area is 149 Å². The lowest BCUT2D eigenvalue weighted by molar-refractivity contribution is 0.0955. The fraction of sp³-hybridized carbons (Fsp3) is 0.529. The van der Waals surface area contributed by atoms with Crippen molar-refractivity contribution in [1.82, 2.24) is 16.0 Å². The summed E-state index contributed by atoms with van der Waals surface area (Å²) >= 11 is 0. The summed E-state index contributed by atoms with van der Waals surface area (Å²) in [6.45, 7) is 5.51. The lowest BCUT2D eigenvalue weighted by atomic mass is 10.1. The first-order chi connectivity index (χ1) is 11.9. The monoisotopic (exact) mass is 366 g/mol. The second-order valence-corrected chi connectivity index (χ2v) is 8.23. The second kappa shape index (κ2) is 8.84. The Hall–Kier alpha value is -2.09. The molecule has 7 nitrogen and oxygen atoms in total. The molecule has 138 valence electrons. The van der Waals surface area contributed by atoms with Crippen LogP contribution < -0.4 is 16.0 Å². The highest BCUT2D eigenvalue weighted by atomic mass is 32.2. The molecule has 0 saturated carbocycles. The van der Waals surface area contributed by atoms with Gasteiger partial charge < -0.3 is 16.0 Å². The summed E-state index contributed by atoms with van der Waals surface area (Å²) in [6.07, 6.45) is 0.597. The third-order valence-corrected chi connectivity index (χ3v) is 5.63. The molecule has 1 aliphatic heterocycles. The van der Waals surface area contributed by atoms with Crippen LogP contribution in [0, 0.1) is 0 Å². The van der Waals surface area contributed by atoms with E-state index >= 15 is 0 Å². The van der Waals surface area contributed by atoms with E-state index in [9.17, 15) is 13.2 Å². The molecule has 0 radical (unpaired) electrons. The lowest BCUT2D eigenvalue weighted by Crippen LogP contribution is -2.44. The number of hydrogen-bond acceptors (Lipinski definition) is 4. The quantitative estimate of drug-likeness (QED) is 0.508. The van der Waals surface area contributed by atoms with Gasteiger partial charge >= 0.3 is 0 Å². The molecule has 1 fully saturated rings. The molecule has 8 heteroatoms. The zero-order valence-corrected chi connectivity index (χ0v) is 15.5. The molecule has 0 spiro atoms. The number of carbonyl (C=O) groups is 1. The van der Waals surface area contributed by atoms with Gasteiger partial charge in [-0.1, -0.05) is 12.1 Å². The van der Waals surface area contributed by atoms with Crippen LogP contribution >= 0.6 is 0 Å². The predicted octanol–water partition coefficient (Wildman–Crippen LogP) is 0.679. The summed E-state index contributed by atoms with van der Waals surface area (Å²) in [6, 6.07) is 7.22. The number of carbonyl (C=O) groups excluding carboxylic acids is 1. The average molecular weight is 366 g/mol. The predicted molar refractivity (Wildman–Crippen MR) is 99.5 cm³/mol. The van der Waals surface area contributed by atoms with Crippen LogP contribution in [0.15, 0.2) is 29.3 Å². The molecule has 1 amide bonds. The molecule has 1 unspecified atom stereocenters. The normalized spacial score (nSPS) is 19.4. The first kappa shape index (κ1) is 19.2. The highest BCUT2D eigenvalue weighted by Gasteiger charge is 2.28. The van der Waals surface area contributed by atoms with Crippen LogP contribution in [0.2, 0.25) is 0 Å². The number of sulfone groups is 1. The van der Waals surface area contributed by atoms with Gasteiger partial charge in [0.25, 0.3) is 5.91 Å². The van der Waals surface area contributed by atoms with Crippen molar-refractivity contribution in [2.24, 2.45) is 4.99 Å². The Balaban J connectivity index is 2.03. The van der Waals surface area contributed by atoms with Gasteiger partial charge in [-0.2, -0.15) is 0 Å². The number of rotatable bonds is 6. The minimum absolute atomic E-state index is 0.102. The number of nitrogens with zero attached hydrogens (tertiary/aromatic N) is 1. The smallest absolute Gasteiger partial charge is 0.251 e. The largest absolute Gasteiger partial charge is 0.357 e. The van der Waals surface area contributed by atoms with Gasteiger partial charge in [-0.05, 0) is 38.0 Å². The molecule has 1 aromatic carbocycles. The van der Waals surface area contributed by atoms with E-state index in [1.807, 2.05) is 32.0 Å². The molecule has 25 heavy (non-hydrogen) atoms. The first-order valence-corrected chi connectivity index (χ1v) is 10.4. The number of benzene rings is 1. The zero-order valence-electron chi connectivity index (χ0n) is 14.7. The van der Waals surface area contributed by atoms with E-state index in [4.69, 9.17) is 0 Å². The van der Waals surface area contributed by atoms with E-state index in [0.29, 0.717) is 37.6 Å². The van der Waals surface area contributed by atoms with Crippen LogP contribution in [0.4, 0.5) is 0 Å². The summed E-state index contributed by atoms with van der Waals surface area (Å²) < 4.78 is 23.2. The van der Waals surface area contributed by atoms with Crippen molar-refractivity contribution in [2.75, 3.05) is 24.6 Å². The molecular formula is C17H26N4O3S. The van der Waals surface area contributed by atoms with Gasteiger partial charge in [-0.15, -0.1) is 0 Å². The number of amides is 1. The highest BCUT2D eigenvalue weighted by molar-refractivity contribution is 7.91. The molecule has 1 saturated heterocycles. The van der Waals surface area contributed by atoms with Crippen LogP contribution in [0.5, 0.6) is 0 Å². The fourth-order valence-electron chi connectivity index (χ4n) is 2.67. The van der Waals surface area contributed by atoms with Crippen molar-refractivity contribution in [3.8, 4) is 0 Å². The Morgan fingerprint density at radius 1 is 1.24 bits per heavy atom. The van der Waals surface area contributed by atoms with Crippen molar-refractivity contribution in [2.45, 2.75) is 32.9 Å². The van der Waals surface area contributed by atoms with E-state index in [2.05, 4.69) is 20.9 Å². The minimum Gasteiger partial charge on any atom is -0.357 e. The molecular weight excluding hydrogens is 340 g/mol. The van der Waals surface area contributed by atoms with Crippen LogP contribution in [-0.2, 0) is 16.4 Å². The van der Waals surface area contributed by atoms with Gasteiger partial charge in [-0.25, -0.2) is 13.4 Å². The molecule has 2 rings (SSSR count). The van der Waals surface area contributed by atoms with Gasteiger partial charge in [0.15, 0.2) is 15.8 Å². The molecule has 1 atom stereocenters. The first-order valence-electron chi connectivity index (χ1n) is 8.56. The summed E-state index contributed by atoms with van der Waals surface area (Å²) in [5.74, 6) is 0.852. The Bertz CT molecular complexity index is 731. The molecule has 1 aliphatic rings. The molecule has 1 heterocycles. The number of nitrogens with one attached hydrogen (secondary N) is 3. The molecule has 1 aromatic rings. The van der Waals surface area contributed by atoms with Crippen molar-refractivity contribution in [3.63, 3.8) is 0 Å². The Kier molecular flexibility index (Phi) is 6.81. The van der Waals surface area contributed by atoms with Gasteiger partial charge in [0.2, 0.25) is 0 Å². The van der Waals surface area contributed by atoms with Gasteiger partial charge in [0.1, 0.15) is 0 Å². The molecule has 3 N–H and O–H groups in total. The summed E-state index contributed by atoms with van der Waals surface area (Å²) in [5.41, 5.74) is 1.52.